The number of ether oxygens (including phenoxy) is 1. The van der Waals surface area contributed by atoms with Gasteiger partial charge in [-0.05, 0) is 49.8 Å². The Hall–Kier alpha value is -2.79. The van der Waals surface area contributed by atoms with E-state index in [0.29, 0.717) is 22.3 Å². The maximum Gasteiger partial charge on any atom is 0.336 e. The van der Waals surface area contributed by atoms with Gasteiger partial charge in [0.15, 0.2) is 6.61 Å². The lowest BCUT2D eigenvalue weighted by atomic mass is 10.0. The number of nitrogens with one attached hydrogen (secondary N) is 1. The summed E-state index contributed by atoms with van der Waals surface area (Å²) in [5.41, 5.74) is 3.00. The quantitative estimate of drug-likeness (QED) is 0.596. The Labute approximate surface area is 173 Å². The predicted octanol–water partition coefficient (Wildman–Crippen LogP) is 4.71. The van der Waals surface area contributed by atoms with Crippen molar-refractivity contribution in [2.75, 3.05) is 6.61 Å². The molecule has 1 atom stereocenters. The number of carbonyl (C=O) groups is 1. The van der Waals surface area contributed by atoms with Gasteiger partial charge in [-0.1, -0.05) is 41.4 Å². The fraction of sp³-hybridized carbons (Fsp3) is 0.304. The number of benzene rings is 2. The molecule has 1 aliphatic rings. The van der Waals surface area contributed by atoms with E-state index in [9.17, 15) is 9.59 Å². The number of hydrogen-bond donors (Lipinski definition) is 1. The topological polar surface area (TPSA) is 68.5 Å². The first-order chi connectivity index (χ1) is 13.9. The van der Waals surface area contributed by atoms with Gasteiger partial charge in [0.2, 0.25) is 0 Å². The normalized spacial score (nSPS) is 14.6. The molecule has 1 N–H and O–H groups in total. The van der Waals surface area contributed by atoms with E-state index in [1.54, 1.807) is 12.1 Å². The van der Waals surface area contributed by atoms with Gasteiger partial charge in [0.1, 0.15) is 11.3 Å². The van der Waals surface area contributed by atoms with Gasteiger partial charge >= 0.3 is 5.63 Å². The van der Waals surface area contributed by atoms with Gasteiger partial charge in [0.25, 0.3) is 5.91 Å². The molecular weight excluding hydrogens is 390 g/mol. The largest absolute Gasteiger partial charge is 0.482 e. The Morgan fingerprint density at radius 1 is 1.21 bits per heavy atom. The zero-order valence-electron chi connectivity index (χ0n) is 16.3. The van der Waals surface area contributed by atoms with Crippen molar-refractivity contribution < 1.29 is 13.9 Å². The van der Waals surface area contributed by atoms with Crippen molar-refractivity contribution in [3.05, 3.63) is 74.6 Å². The third-order valence-corrected chi connectivity index (χ3v) is 5.50. The number of fused-ring (bicyclic) bond motifs is 1. The van der Waals surface area contributed by atoms with E-state index in [1.807, 2.05) is 13.8 Å². The maximum absolute atomic E-state index is 12.5. The molecule has 2 aromatic carbocycles. The molecule has 0 saturated heterocycles. The molecular formula is C23H22ClNO4. The lowest BCUT2D eigenvalue weighted by Crippen LogP contribution is -2.33. The molecule has 29 heavy (non-hydrogen) atoms. The molecule has 0 spiro atoms. The molecule has 4 rings (SSSR count). The van der Waals surface area contributed by atoms with Crippen LogP contribution in [-0.4, -0.2) is 12.5 Å². The summed E-state index contributed by atoms with van der Waals surface area (Å²) < 4.78 is 10.9. The van der Waals surface area contributed by atoms with Gasteiger partial charge in [-0.3, -0.25) is 4.79 Å². The average Bonchev–Trinajstić information content (AvgIpc) is 3.51. The van der Waals surface area contributed by atoms with Crippen LogP contribution in [0.3, 0.4) is 0 Å². The van der Waals surface area contributed by atoms with E-state index in [2.05, 4.69) is 29.6 Å². The number of rotatable bonds is 6. The van der Waals surface area contributed by atoms with Crippen LogP contribution in [0.25, 0.3) is 11.0 Å². The number of halogens is 1. The van der Waals surface area contributed by atoms with Crippen LogP contribution >= 0.6 is 11.6 Å². The Balaban J connectivity index is 1.47. The second kappa shape index (κ2) is 7.91. The Morgan fingerprint density at radius 2 is 1.93 bits per heavy atom. The summed E-state index contributed by atoms with van der Waals surface area (Å²) in [7, 11) is 0. The number of amides is 1. The minimum atomic E-state index is -0.439. The molecule has 0 aliphatic heterocycles. The van der Waals surface area contributed by atoms with Gasteiger partial charge in [0.05, 0.1) is 11.1 Å². The smallest absolute Gasteiger partial charge is 0.336 e. The van der Waals surface area contributed by atoms with Crippen LogP contribution in [0.15, 0.2) is 51.7 Å². The molecule has 1 heterocycles. The first kappa shape index (κ1) is 19.5. The molecule has 0 radical (unpaired) electrons. The Morgan fingerprint density at radius 3 is 2.62 bits per heavy atom. The van der Waals surface area contributed by atoms with Crippen molar-refractivity contribution in [2.45, 2.75) is 32.7 Å². The second-order valence-corrected chi connectivity index (χ2v) is 8.02. The second-order valence-electron chi connectivity index (χ2n) is 7.61. The minimum absolute atomic E-state index is 0.0144. The molecule has 3 aromatic rings. The number of carbonyl (C=O) groups excluding carboxylic acids is 1. The van der Waals surface area contributed by atoms with Gasteiger partial charge in [-0.25, -0.2) is 4.79 Å². The molecule has 5 nitrogen and oxygen atoms in total. The summed E-state index contributed by atoms with van der Waals surface area (Å²) >= 11 is 6.30. The fourth-order valence-corrected chi connectivity index (χ4v) is 3.68. The molecule has 6 heteroatoms. The summed E-state index contributed by atoms with van der Waals surface area (Å²) in [5, 5.41) is 4.18. The summed E-state index contributed by atoms with van der Waals surface area (Å²) in [4.78, 5) is 24.1. The fourth-order valence-electron chi connectivity index (χ4n) is 3.47. The van der Waals surface area contributed by atoms with Crippen molar-refractivity contribution in [2.24, 2.45) is 5.92 Å². The van der Waals surface area contributed by atoms with E-state index in [4.69, 9.17) is 20.8 Å². The zero-order chi connectivity index (χ0) is 20.5. The van der Waals surface area contributed by atoms with E-state index >= 15 is 0 Å². The molecule has 1 aliphatic carbocycles. The highest BCUT2D eigenvalue weighted by Gasteiger charge is 2.33. The van der Waals surface area contributed by atoms with Crippen molar-refractivity contribution in [3.63, 3.8) is 0 Å². The molecule has 1 amide bonds. The summed E-state index contributed by atoms with van der Waals surface area (Å²) in [5.74, 6) is 0.550. The summed E-state index contributed by atoms with van der Waals surface area (Å²) in [6.07, 6.45) is 2.21. The van der Waals surface area contributed by atoms with Gasteiger partial charge in [-0.15, -0.1) is 0 Å². The van der Waals surface area contributed by atoms with Crippen LogP contribution in [0.5, 0.6) is 5.75 Å². The lowest BCUT2D eigenvalue weighted by molar-refractivity contribution is -0.124. The lowest BCUT2D eigenvalue weighted by Gasteiger charge is -2.19. The van der Waals surface area contributed by atoms with Crippen molar-refractivity contribution in [1.82, 2.24) is 5.32 Å². The molecule has 1 unspecified atom stereocenters. The van der Waals surface area contributed by atoms with Gasteiger partial charge in [0, 0.05) is 17.5 Å². The molecule has 0 bridgehead atoms. The third kappa shape index (κ3) is 4.46. The number of hydrogen-bond acceptors (Lipinski definition) is 4. The molecule has 150 valence electrons. The molecule has 1 saturated carbocycles. The molecule has 1 aromatic heterocycles. The highest BCUT2D eigenvalue weighted by Crippen LogP contribution is 2.41. The summed E-state index contributed by atoms with van der Waals surface area (Å²) in [6.45, 7) is 3.68. The SMILES string of the molecule is Cc1ccc(C(NC(=O)COc2cc3oc(=O)cc(C)c3cc2Cl)C2CC2)cc1. The Bertz CT molecular complexity index is 1120. The van der Waals surface area contributed by atoms with Crippen LogP contribution in [-0.2, 0) is 4.79 Å². The van der Waals surface area contributed by atoms with Crippen molar-refractivity contribution >= 4 is 28.5 Å². The van der Waals surface area contributed by atoms with Crippen LogP contribution in [0.4, 0.5) is 0 Å². The average molecular weight is 412 g/mol. The Kier molecular flexibility index (Phi) is 5.33. The van der Waals surface area contributed by atoms with Crippen molar-refractivity contribution in [1.29, 1.82) is 0 Å². The van der Waals surface area contributed by atoms with Crippen LogP contribution in [0.2, 0.25) is 5.02 Å². The summed E-state index contributed by atoms with van der Waals surface area (Å²) in [6, 6.07) is 12.9. The van der Waals surface area contributed by atoms with E-state index in [0.717, 1.165) is 29.4 Å². The van der Waals surface area contributed by atoms with Crippen LogP contribution < -0.4 is 15.7 Å². The van der Waals surface area contributed by atoms with E-state index in [1.165, 1.54) is 11.6 Å². The van der Waals surface area contributed by atoms with Crippen LogP contribution in [0.1, 0.15) is 35.6 Å². The highest BCUT2D eigenvalue weighted by molar-refractivity contribution is 6.32. The van der Waals surface area contributed by atoms with Crippen LogP contribution in [0, 0.1) is 19.8 Å². The maximum atomic E-state index is 12.5. The molecule has 1 fully saturated rings. The van der Waals surface area contributed by atoms with E-state index in [-0.39, 0.29) is 18.6 Å². The van der Waals surface area contributed by atoms with E-state index < -0.39 is 5.63 Å². The third-order valence-electron chi connectivity index (χ3n) is 5.21. The predicted molar refractivity (Wildman–Crippen MR) is 113 cm³/mol. The minimum Gasteiger partial charge on any atom is -0.482 e. The highest BCUT2D eigenvalue weighted by atomic mass is 35.5. The number of aryl methyl sites for hydroxylation is 2. The standard InChI is InChI=1S/C23H22ClNO4/c1-13-3-5-15(6-4-13)23(16-7-8-16)25-21(26)12-28-20-11-19-17(10-18(20)24)14(2)9-22(27)29-19/h3-6,9-11,16,23H,7-8,12H2,1-2H3,(H,25,26). The first-order valence-corrected chi connectivity index (χ1v) is 10.0. The van der Waals surface area contributed by atoms with Crippen molar-refractivity contribution in [3.8, 4) is 5.75 Å². The first-order valence-electron chi connectivity index (χ1n) is 9.63. The zero-order valence-corrected chi connectivity index (χ0v) is 17.1. The van der Waals surface area contributed by atoms with Gasteiger partial charge in [-0.2, -0.15) is 0 Å². The van der Waals surface area contributed by atoms with Gasteiger partial charge < -0.3 is 14.5 Å². The monoisotopic (exact) mass is 411 g/mol.